The summed E-state index contributed by atoms with van der Waals surface area (Å²) < 4.78 is 10.8. The molecule has 0 aliphatic carbocycles. The van der Waals surface area contributed by atoms with Gasteiger partial charge in [0.25, 0.3) is 5.91 Å². The maximum atomic E-state index is 13.3. The van der Waals surface area contributed by atoms with Gasteiger partial charge in [-0.2, -0.15) is 0 Å². The maximum absolute atomic E-state index is 13.3. The molecule has 172 valence electrons. The first-order chi connectivity index (χ1) is 16.5. The molecule has 0 unspecified atom stereocenters. The lowest BCUT2D eigenvalue weighted by Crippen LogP contribution is -2.31. The molecule has 10 heteroatoms. The molecule has 2 aliphatic rings. The lowest BCUT2D eigenvalue weighted by molar-refractivity contribution is -0.114. The van der Waals surface area contributed by atoms with Gasteiger partial charge in [0.2, 0.25) is 12.7 Å². The lowest BCUT2D eigenvalue weighted by atomic mass is 10.1. The molecule has 0 atom stereocenters. The largest absolute Gasteiger partial charge is 0.454 e. The van der Waals surface area contributed by atoms with E-state index in [1.54, 1.807) is 12.1 Å². The number of nitrogens with zero attached hydrogens (tertiary/aromatic N) is 3. The highest BCUT2D eigenvalue weighted by molar-refractivity contribution is 8.14. The van der Waals surface area contributed by atoms with Gasteiger partial charge in [0.15, 0.2) is 21.8 Å². The number of benzene rings is 2. The summed E-state index contributed by atoms with van der Waals surface area (Å²) in [6.07, 6.45) is 1.71. The Hall–Kier alpha value is -3.63. The van der Waals surface area contributed by atoms with E-state index in [1.165, 1.54) is 28.0 Å². The Morgan fingerprint density at radius 3 is 2.74 bits per heavy atom. The summed E-state index contributed by atoms with van der Waals surface area (Å²) in [5, 5.41) is 5.64. The molecule has 34 heavy (non-hydrogen) atoms. The third kappa shape index (κ3) is 4.68. The van der Waals surface area contributed by atoms with Crippen LogP contribution < -0.4 is 19.7 Å². The minimum Gasteiger partial charge on any atom is -0.454 e. The van der Waals surface area contributed by atoms with Gasteiger partial charge in [-0.3, -0.25) is 14.5 Å². The van der Waals surface area contributed by atoms with Crippen molar-refractivity contribution in [1.82, 2.24) is 4.98 Å². The third-order valence-electron chi connectivity index (χ3n) is 5.02. The van der Waals surface area contributed by atoms with Gasteiger partial charge in [-0.15, -0.1) is 11.3 Å². The van der Waals surface area contributed by atoms with Crippen LogP contribution in [-0.2, 0) is 9.59 Å². The summed E-state index contributed by atoms with van der Waals surface area (Å²) in [6.45, 7) is 4.03. The van der Waals surface area contributed by atoms with Crippen LogP contribution in [0.3, 0.4) is 0 Å². The summed E-state index contributed by atoms with van der Waals surface area (Å²) >= 11 is 2.57. The van der Waals surface area contributed by atoms with Crippen LogP contribution in [0.1, 0.15) is 16.8 Å². The molecule has 3 heterocycles. The smallest absolute Gasteiger partial charge is 0.283 e. The van der Waals surface area contributed by atoms with Crippen LogP contribution in [0.5, 0.6) is 11.5 Å². The van der Waals surface area contributed by atoms with E-state index in [1.807, 2.05) is 55.6 Å². The van der Waals surface area contributed by atoms with Crippen LogP contribution in [0, 0.1) is 13.8 Å². The predicted molar refractivity (Wildman–Crippen MR) is 135 cm³/mol. The quantitative estimate of drug-likeness (QED) is 0.523. The molecule has 2 aliphatic heterocycles. The minimum atomic E-state index is -0.264. The second kappa shape index (κ2) is 9.32. The number of hydrogen-bond donors (Lipinski definition) is 1. The van der Waals surface area contributed by atoms with Crippen molar-refractivity contribution in [2.24, 2.45) is 4.99 Å². The van der Waals surface area contributed by atoms with Gasteiger partial charge in [-0.05, 0) is 49.8 Å². The van der Waals surface area contributed by atoms with E-state index in [0.29, 0.717) is 27.5 Å². The number of anilines is 2. The molecule has 0 spiro atoms. The molecule has 1 aromatic heterocycles. The Morgan fingerprint density at radius 1 is 1.18 bits per heavy atom. The molecule has 0 radical (unpaired) electrons. The van der Waals surface area contributed by atoms with E-state index in [4.69, 9.17) is 9.47 Å². The number of carbonyl (C=O) groups excluding carboxylic acids is 2. The van der Waals surface area contributed by atoms with E-state index in [0.717, 1.165) is 16.8 Å². The first-order valence-corrected chi connectivity index (χ1v) is 12.3. The van der Waals surface area contributed by atoms with Crippen molar-refractivity contribution in [1.29, 1.82) is 0 Å². The molecule has 2 amide bonds. The van der Waals surface area contributed by atoms with E-state index in [-0.39, 0.29) is 30.1 Å². The number of fused-ring (bicyclic) bond motifs is 1. The van der Waals surface area contributed by atoms with E-state index < -0.39 is 0 Å². The first kappa shape index (κ1) is 22.2. The Labute approximate surface area is 204 Å². The van der Waals surface area contributed by atoms with E-state index in [2.05, 4.69) is 15.3 Å². The van der Waals surface area contributed by atoms with Crippen LogP contribution in [0.25, 0.3) is 6.08 Å². The highest BCUT2D eigenvalue weighted by atomic mass is 32.2. The molecule has 0 bridgehead atoms. The zero-order valence-electron chi connectivity index (χ0n) is 18.4. The molecule has 8 nitrogen and oxygen atoms in total. The second-order valence-electron chi connectivity index (χ2n) is 7.64. The molecular weight excluding hydrogens is 472 g/mol. The number of amidine groups is 1. The number of nitrogens with one attached hydrogen (secondary N) is 1. The second-order valence-corrected chi connectivity index (χ2v) is 9.44. The molecule has 0 fully saturated rings. The molecule has 0 saturated carbocycles. The van der Waals surface area contributed by atoms with Crippen LogP contribution in [0.4, 0.5) is 10.8 Å². The van der Waals surface area contributed by atoms with Gasteiger partial charge in [-0.1, -0.05) is 35.5 Å². The van der Waals surface area contributed by atoms with Gasteiger partial charge in [0, 0.05) is 5.38 Å². The van der Waals surface area contributed by atoms with Crippen LogP contribution in [-0.4, -0.2) is 34.5 Å². The number of aryl methyl sites for hydroxylation is 2. The Bertz CT molecular complexity index is 1330. The molecule has 1 N–H and O–H groups in total. The first-order valence-electron chi connectivity index (χ1n) is 10.4. The van der Waals surface area contributed by atoms with Crippen molar-refractivity contribution < 1.29 is 19.1 Å². The third-order valence-corrected chi connectivity index (χ3v) is 6.83. The van der Waals surface area contributed by atoms with Crippen LogP contribution >= 0.6 is 23.1 Å². The van der Waals surface area contributed by atoms with E-state index in [9.17, 15) is 9.59 Å². The normalized spacial score (nSPS) is 15.7. The monoisotopic (exact) mass is 492 g/mol. The molecular formula is C24H20N4O4S2. The molecule has 5 rings (SSSR count). The zero-order chi connectivity index (χ0) is 23.7. The fourth-order valence-corrected chi connectivity index (χ4v) is 4.89. The predicted octanol–water partition coefficient (Wildman–Crippen LogP) is 4.60. The number of hydrogen-bond acceptors (Lipinski definition) is 8. The highest BCUT2D eigenvalue weighted by Crippen LogP contribution is 2.34. The summed E-state index contributed by atoms with van der Waals surface area (Å²) in [5.74, 6) is 0.904. The summed E-state index contributed by atoms with van der Waals surface area (Å²) in [4.78, 5) is 36.2. The number of rotatable bonds is 5. The highest BCUT2D eigenvalue weighted by Gasteiger charge is 2.32. The van der Waals surface area contributed by atoms with Gasteiger partial charge in [-0.25, -0.2) is 9.98 Å². The van der Waals surface area contributed by atoms with Crippen molar-refractivity contribution in [2.75, 3.05) is 22.8 Å². The Balaban J connectivity index is 1.39. The fraction of sp³-hybridized carbons (Fsp3) is 0.167. The van der Waals surface area contributed by atoms with Crippen LogP contribution in [0.15, 0.2) is 58.5 Å². The van der Waals surface area contributed by atoms with E-state index >= 15 is 0 Å². The lowest BCUT2D eigenvalue weighted by Gasteiger charge is -2.17. The Morgan fingerprint density at radius 2 is 1.97 bits per heavy atom. The number of amides is 2. The summed E-state index contributed by atoms with van der Waals surface area (Å²) in [7, 11) is 0. The number of carbonyl (C=O) groups is 2. The number of ether oxygens (including phenoxy) is 2. The number of thiazole rings is 1. The van der Waals surface area contributed by atoms with Crippen molar-refractivity contribution in [3.8, 4) is 11.5 Å². The average Bonchev–Trinajstić information content (AvgIpc) is 3.52. The number of aromatic nitrogens is 1. The summed E-state index contributed by atoms with van der Waals surface area (Å²) in [5.41, 5.74) is 3.66. The number of aliphatic imine (C=N–C) groups is 1. The topological polar surface area (TPSA) is 93.1 Å². The maximum Gasteiger partial charge on any atom is 0.283 e. The van der Waals surface area contributed by atoms with Crippen molar-refractivity contribution in [2.45, 2.75) is 13.8 Å². The minimum absolute atomic E-state index is 0.0877. The SMILES string of the molecule is Cc1ccc(N2C(=O)/C(=C/c3ccc4c(c3)OCO4)N=C2SCC(=O)Nc2nc(C)cs2)cc1. The van der Waals surface area contributed by atoms with Crippen molar-refractivity contribution in [3.05, 3.63) is 70.4 Å². The molecule has 3 aromatic rings. The Kier molecular flexibility index (Phi) is 6.08. The fourth-order valence-electron chi connectivity index (χ4n) is 3.37. The van der Waals surface area contributed by atoms with Gasteiger partial charge < -0.3 is 14.8 Å². The molecule has 0 saturated heterocycles. The van der Waals surface area contributed by atoms with Gasteiger partial charge in [0.1, 0.15) is 5.70 Å². The zero-order valence-corrected chi connectivity index (χ0v) is 20.0. The van der Waals surface area contributed by atoms with Crippen molar-refractivity contribution >= 4 is 57.0 Å². The van der Waals surface area contributed by atoms with Crippen molar-refractivity contribution in [3.63, 3.8) is 0 Å². The van der Waals surface area contributed by atoms with Gasteiger partial charge >= 0.3 is 0 Å². The summed E-state index contributed by atoms with van der Waals surface area (Å²) in [6, 6.07) is 13.0. The number of thioether (sulfide) groups is 1. The molecule has 2 aromatic carbocycles. The standard InChI is InChI=1S/C24H20N4O4S2/c1-14-3-6-17(7-4-14)28-22(30)18(9-16-5-8-19-20(10-16)32-13-31-19)26-24(28)34-12-21(29)27-23-25-15(2)11-33-23/h3-11H,12-13H2,1-2H3,(H,25,27,29)/b18-9-. The van der Waals surface area contributed by atoms with Crippen LogP contribution in [0.2, 0.25) is 0 Å². The average molecular weight is 493 g/mol. The van der Waals surface area contributed by atoms with Gasteiger partial charge in [0.05, 0.1) is 17.1 Å².